The molecule has 184 valence electrons. The predicted molar refractivity (Wildman–Crippen MR) is 139 cm³/mol. The molecule has 2 rings (SSSR count). The van der Waals surface area contributed by atoms with Crippen molar-refractivity contribution in [3.8, 4) is 0 Å². The molecule has 8 nitrogen and oxygen atoms in total. The van der Waals surface area contributed by atoms with Gasteiger partial charge in [-0.2, -0.15) is 4.31 Å². The lowest BCUT2D eigenvalue weighted by molar-refractivity contribution is 0.0904. The number of rotatable bonds is 10. The summed E-state index contributed by atoms with van der Waals surface area (Å²) in [5, 5.41) is 3.45. The van der Waals surface area contributed by atoms with Gasteiger partial charge >= 0.3 is 0 Å². The molecule has 0 aliphatic carbocycles. The van der Waals surface area contributed by atoms with Crippen molar-refractivity contribution in [3.63, 3.8) is 0 Å². The number of hydrogen-bond donors (Lipinski definition) is 1. The van der Waals surface area contributed by atoms with E-state index in [2.05, 4.69) is 27.0 Å². The number of unbranched alkanes of at least 4 members (excludes halogenated alkanes) is 1. The van der Waals surface area contributed by atoms with Gasteiger partial charge in [0.05, 0.1) is 18.5 Å². The Hall–Kier alpha value is -0.170. The Morgan fingerprint density at radius 2 is 1.74 bits per heavy atom. The molecule has 0 aromatic heterocycles. The maximum absolute atomic E-state index is 12.5. The smallest absolute Gasteiger partial charge is 0.216 e. The Morgan fingerprint density at radius 1 is 1.10 bits per heavy atom. The number of piperazine rings is 1. The van der Waals surface area contributed by atoms with Crippen molar-refractivity contribution in [2.45, 2.75) is 52.6 Å². The first-order valence-corrected chi connectivity index (χ1v) is 13.2. The van der Waals surface area contributed by atoms with Crippen LogP contribution in [0, 0.1) is 5.92 Å². The monoisotopic (exact) mass is 573 g/mol. The number of sulfonamides is 1. The Balaban J connectivity index is 0.00000480. The van der Waals surface area contributed by atoms with Crippen molar-refractivity contribution in [2.75, 3.05) is 71.8 Å². The molecule has 0 saturated carbocycles. The number of likely N-dealkylation sites (tertiary alicyclic amines) is 1. The van der Waals surface area contributed by atoms with Gasteiger partial charge in [-0.15, -0.1) is 24.0 Å². The summed E-state index contributed by atoms with van der Waals surface area (Å²) in [6.07, 6.45) is 5.03. The first-order valence-electron chi connectivity index (χ1n) is 11.6. The number of nitrogens with one attached hydrogen (secondary N) is 1. The molecule has 31 heavy (non-hydrogen) atoms. The van der Waals surface area contributed by atoms with Gasteiger partial charge in [0.1, 0.15) is 0 Å². The highest BCUT2D eigenvalue weighted by Crippen LogP contribution is 2.16. The van der Waals surface area contributed by atoms with Crippen LogP contribution in [-0.4, -0.2) is 106 Å². The third-order valence-corrected chi connectivity index (χ3v) is 7.83. The van der Waals surface area contributed by atoms with Crippen molar-refractivity contribution in [1.82, 2.24) is 19.4 Å². The molecule has 2 aliphatic rings. The van der Waals surface area contributed by atoms with Gasteiger partial charge in [0.15, 0.2) is 5.96 Å². The normalized spacial score (nSPS) is 20.2. The molecule has 0 bridgehead atoms. The summed E-state index contributed by atoms with van der Waals surface area (Å²) in [5.41, 5.74) is 0. The molecule has 0 unspecified atom stereocenters. The van der Waals surface area contributed by atoms with Crippen LogP contribution in [0.3, 0.4) is 0 Å². The largest absolute Gasteiger partial charge is 0.378 e. The average Bonchev–Trinajstić information content (AvgIpc) is 2.72. The molecule has 0 spiro atoms. The van der Waals surface area contributed by atoms with Gasteiger partial charge in [-0.25, -0.2) is 8.42 Å². The molecule has 2 saturated heterocycles. The van der Waals surface area contributed by atoms with Crippen LogP contribution in [0.25, 0.3) is 0 Å². The average molecular weight is 574 g/mol. The van der Waals surface area contributed by atoms with Gasteiger partial charge in [-0.05, 0) is 65.1 Å². The fourth-order valence-corrected chi connectivity index (χ4v) is 5.26. The van der Waals surface area contributed by atoms with Crippen LogP contribution in [-0.2, 0) is 14.8 Å². The SMILES string of the molecule is CN=C(NCCCCN1CCC(C)CC1)N1CCN(S(=O)(=O)CCOC(C)C)CC1.I. The zero-order valence-electron chi connectivity index (χ0n) is 19.9. The number of guanidine groups is 1. The van der Waals surface area contributed by atoms with Crippen LogP contribution in [0.15, 0.2) is 4.99 Å². The molecule has 1 N–H and O–H groups in total. The molecule has 0 aromatic rings. The maximum Gasteiger partial charge on any atom is 0.216 e. The van der Waals surface area contributed by atoms with Crippen LogP contribution >= 0.6 is 24.0 Å². The quantitative estimate of drug-likeness (QED) is 0.187. The molecular weight excluding hydrogens is 529 g/mol. The summed E-state index contributed by atoms with van der Waals surface area (Å²) in [6.45, 7) is 13.3. The Labute approximate surface area is 207 Å². The number of halogens is 1. The minimum absolute atomic E-state index is 0. The van der Waals surface area contributed by atoms with Crippen molar-refractivity contribution < 1.29 is 13.2 Å². The lowest BCUT2D eigenvalue weighted by Gasteiger charge is -2.36. The second-order valence-electron chi connectivity index (χ2n) is 8.83. The zero-order chi connectivity index (χ0) is 22.0. The third-order valence-electron chi connectivity index (χ3n) is 6.00. The van der Waals surface area contributed by atoms with Crippen LogP contribution in [0.2, 0.25) is 0 Å². The van der Waals surface area contributed by atoms with Gasteiger partial charge in [-0.1, -0.05) is 6.92 Å². The van der Waals surface area contributed by atoms with Gasteiger partial charge < -0.3 is 19.9 Å². The Morgan fingerprint density at radius 3 is 2.32 bits per heavy atom. The summed E-state index contributed by atoms with van der Waals surface area (Å²) in [6, 6.07) is 0. The standard InChI is InChI=1S/C21H43N5O3S.HI/c1-19(2)29-17-18-30(27,28)26-15-13-25(14-16-26)21(22-4)23-9-5-6-10-24-11-7-20(3)8-12-24;/h19-20H,5-18H2,1-4H3,(H,22,23);1H. The Kier molecular flexibility index (Phi) is 13.8. The summed E-state index contributed by atoms with van der Waals surface area (Å²) in [5.74, 6) is 1.81. The second kappa shape index (κ2) is 14.9. The number of ether oxygens (including phenoxy) is 1. The van der Waals surface area contributed by atoms with E-state index in [1.54, 1.807) is 11.4 Å². The first kappa shape index (κ1) is 28.9. The highest BCUT2D eigenvalue weighted by Gasteiger charge is 2.28. The predicted octanol–water partition coefficient (Wildman–Crippen LogP) is 2.06. The van der Waals surface area contributed by atoms with Crippen LogP contribution < -0.4 is 5.32 Å². The van der Waals surface area contributed by atoms with E-state index in [0.29, 0.717) is 26.2 Å². The summed E-state index contributed by atoms with van der Waals surface area (Å²) < 4.78 is 32.0. The topological polar surface area (TPSA) is 77.5 Å². The molecule has 0 radical (unpaired) electrons. The van der Waals surface area contributed by atoms with E-state index in [9.17, 15) is 8.42 Å². The summed E-state index contributed by atoms with van der Waals surface area (Å²) in [4.78, 5) is 9.14. The molecule has 2 fully saturated rings. The van der Waals surface area contributed by atoms with E-state index >= 15 is 0 Å². The first-order chi connectivity index (χ1) is 14.3. The molecule has 10 heteroatoms. The minimum Gasteiger partial charge on any atom is -0.378 e. The highest BCUT2D eigenvalue weighted by atomic mass is 127. The van der Waals surface area contributed by atoms with E-state index in [4.69, 9.17) is 4.74 Å². The fraction of sp³-hybridized carbons (Fsp3) is 0.952. The summed E-state index contributed by atoms with van der Waals surface area (Å²) >= 11 is 0. The molecule has 0 aromatic carbocycles. The van der Waals surface area contributed by atoms with Gasteiger partial charge in [0.2, 0.25) is 10.0 Å². The van der Waals surface area contributed by atoms with Gasteiger partial charge in [-0.3, -0.25) is 4.99 Å². The second-order valence-corrected chi connectivity index (χ2v) is 10.9. The van der Waals surface area contributed by atoms with Gasteiger partial charge in [0.25, 0.3) is 0 Å². The zero-order valence-corrected chi connectivity index (χ0v) is 23.0. The lowest BCUT2D eigenvalue weighted by Crippen LogP contribution is -2.54. The number of hydrogen-bond acceptors (Lipinski definition) is 5. The minimum atomic E-state index is -3.26. The number of aliphatic imine (C=N–C) groups is 1. The van der Waals surface area contributed by atoms with Crippen molar-refractivity contribution >= 4 is 40.0 Å². The van der Waals surface area contributed by atoms with Crippen LogP contribution in [0.4, 0.5) is 0 Å². The molecule has 2 heterocycles. The highest BCUT2D eigenvalue weighted by molar-refractivity contribution is 14.0. The fourth-order valence-electron chi connectivity index (χ4n) is 3.97. The van der Waals surface area contributed by atoms with Crippen LogP contribution in [0.5, 0.6) is 0 Å². The maximum atomic E-state index is 12.5. The van der Waals surface area contributed by atoms with E-state index < -0.39 is 10.0 Å². The molecule has 0 atom stereocenters. The molecule has 2 aliphatic heterocycles. The van der Waals surface area contributed by atoms with Crippen LogP contribution in [0.1, 0.15) is 46.5 Å². The van der Waals surface area contributed by atoms with E-state index in [-0.39, 0.29) is 42.4 Å². The number of piperidine rings is 1. The molecular formula is C21H44IN5O3S. The van der Waals surface area contributed by atoms with E-state index in [0.717, 1.165) is 24.8 Å². The Bertz CT molecular complexity index is 617. The number of nitrogens with zero attached hydrogens (tertiary/aromatic N) is 4. The van der Waals surface area contributed by atoms with Crippen molar-refractivity contribution in [3.05, 3.63) is 0 Å². The van der Waals surface area contributed by atoms with E-state index in [1.807, 2.05) is 13.8 Å². The third kappa shape index (κ3) is 10.5. The lowest BCUT2D eigenvalue weighted by atomic mass is 9.99. The van der Waals surface area contributed by atoms with Crippen molar-refractivity contribution in [2.24, 2.45) is 10.9 Å². The van der Waals surface area contributed by atoms with E-state index in [1.165, 1.54) is 38.9 Å². The van der Waals surface area contributed by atoms with Crippen molar-refractivity contribution in [1.29, 1.82) is 0 Å². The summed E-state index contributed by atoms with van der Waals surface area (Å²) in [7, 11) is -1.46. The van der Waals surface area contributed by atoms with Gasteiger partial charge in [0, 0.05) is 39.8 Å². The molecule has 0 amide bonds.